The first-order chi connectivity index (χ1) is 8.28. The molecule has 0 bridgehead atoms. The molecule has 0 radical (unpaired) electrons. The molecule has 0 N–H and O–H groups in total. The van der Waals surface area contributed by atoms with Crippen molar-refractivity contribution in [2.75, 3.05) is 0 Å². The molecule has 2 aromatic carbocycles. The van der Waals surface area contributed by atoms with E-state index in [4.69, 9.17) is 0 Å². The van der Waals surface area contributed by atoms with Gasteiger partial charge >= 0.3 is 0 Å². The van der Waals surface area contributed by atoms with Gasteiger partial charge in [-0.2, -0.15) is 0 Å². The van der Waals surface area contributed by atoms with Crippen molar-refractivity contribution < 1.29 is 4.79 Å². The summed E-state index contributed by atoms with van der Waals surface area (Å²) in [7, 11) is 0. The van der Waals surface area contributed by atoms with Gasteiger partial charge < -0.3 is 0 Å². The quantitative estimate of drug-likeness (QED) is 0.668. The Morgan fingerprint density at radius 2 is 2.06 bits per heavy atom. The molecular formula is C16H14O. The zero-order chi connectivity index (χ0) is 11.8. The van der Waals surface area contributed by atoms with Crippen molar-refractivity contribution in [3.05, 3.63) is 52.6 Å². The molecule has 0 aliphatic heterocycles. The molecule has 1 nitrogen and oxygen atoms in total. The number of carbonyl (C=O) groups is 1. The summed E-state index contributed by atoms with van der Waals surface area (Å²) in [5.74, 6) is 0. The zero-order valence-electron chi connectivity index (χ0n) is 9.86. The van der Waals surface area contributed by atoms with Gasteiger partial charge in [0.15, 0.2) is 0 Å². The highest BCUT2D eigenvalue weighted by molar-refractivity contribution is 5.93. The molecule has 0 unspecified atom stereocenters. The van der Waals surface area contributed by atoms with Gasteiger partial charge in [0.25, 0.3) is 0 Å². The predicted octanol–water partition coefficient (Wildman–Crippen LogP) is 3.92. The van der Waals surface area contributed by atoms with Crippen molar-refractivity contribution in [1.82, 2.24) is 0 Å². The smallest absolute Gasteiger partial charge is 0.150 e. The minimum Gasteiger partial charge on any atom is -0.298 e. The molecule has 0 fully saturated rings. The number of hydrogen-bond acceptors (Lipinski definition) is 1. The van der Waals surface area contributed by atoms with Crippen molar-refractivity contribution >= 4 is 23.1 Å². The lowest BCUT2D eigenvalue weighted by Gasteiger charge is -2.13. The largest absolute Gasteiger partial charge is 0.298 e. The first kappa shape index (κ1) is 10.3. The van der Waals surface area contributed by atoms with E-state index in [1.165, 1.54) is 27.5 Å². The van der Waals surface area contributed by atoms with E-state index in [2.05, 4.69) is 31.2 Å². The third kappa shape index (κ3) is 1.68. The number of rotatable bonds is 1. The molecule has 0 spiro atoms. The summed E-state index contributed by atoms with van der Waals surface area (Å²) in [6.45, 7) is 2.06. The summed E-state index contributed by atoms with van der Waals surface area (Å²) in [4.78, 5) is 10.9. The molecule has 0 heterocycles. The van der Waals surface area contributed by atoms with Gasteiger partial charge in [0.05, 0.1) is 0 Å². The van der Waals surface area contributed by atoms with Crippen molar-refractivity contribution in [3.63, 3.8) is 0 Å². The summed E-state index contributed by atoms with van der Waals surface area (Å²) >= 11 is 0. The normalized spacial score (nSPS) is 13.7. The van der Waals surface area contributed by atoms with E-state index in [0.29, 0.717) is 0 Å². The standard InChI is InChI=1S/C16H14O/c1-11-6-12(10-17)7-15-8-13-4-2-3-5-14(13)9-16(11)15/h3,5-10H,2,4H2,1H3. The summed E-state index contributed by atoms with van der Waals surface area (Å²) in [5, 5.41) is 2.43. The van der Waals surface area contributed by atoms with Crippen LogP contribution in [0.25, 0.3) is 16.8 Å². The second-order valence-electron chi connectivity index (χ2n) is 4.67. The Morgan fingerprint density at radius 1 is 1.18 bits per heavy atom. The third-order valence-corrected chi connectivity index (χ3v) is 3.46. The summed E-state index contributed by atoms with van der Waals surface area (Å²) in [5.41, 5.74) is 4.65. The van der Waals surface area contributed by atoms with E-state index >= 15 is 0 Å². The lowest BCUT2D eigenvalue weighted by atomic mass is 9.91. The maximum absolute atomic E-state index is 10.9. The third-order valence-electron chi connectivity index (χ3n) is 3.46. The Morgan fingerprint density at radius 3 is 2.88 bits per heavy atom. The summed E-state index contributed by atoms with van der Waals surface area (Å²) in [6.07, 6.45) is 7.57. The number of carbonyl (C=O) groups excluding carboxylic acids is 1. The van der Waals surface area contributed by atoms with Crippen LogP contribution < -0.4 is 0 Å². The number of benzene rings is 2. The van der Waals surface area contributed by atoms with E-state index < -0.39 is 0 Å². The summed E-state index contributed by atoms with van der Waals surface area (Å²) in [6, 6.07) is 8.40. The van der Waals surface area contributed by atoms with Gasteiger partial charge in [0.2, 0.25) is 0 Å². The van der Waals surface area contributed by atoms with Crippen LogP contribution in [0.15, 0.2) is 30.3 Å². The van der Waals surface area contributed by atoms with Gasteiger partial charge in [-0.15, -0.1) is 0 Å². The van der Waals surface area contributed by atoms with Crippen LogP contribution in [0, 0.1) is 6.92 Å². The second-order valence-corrected chi connectivity index (χ2v) is 4.67. The van der Waals surface area contributed by atoms with Crippen LogP contribution >= 0.6 is 0 Å². The zero-order valence-corrected chi connectivity index (χ0v) is 9.86. The highest BCUT2D eigenvalue weighted by Crippen LogP contribution is 2.28. The van der Waals surface area contributed by atoms with Crippen LogP contribution in [-0.4, -0.2) is 6.29 Å². The molecule has 84 valence electrons. The van der Waals surface area contributed by atoms with E-state index in [1.807, 2.05) is 12.1 Å². The molecule has 0 saturated carbocycles. The van der Waals surface area contributed by atoms with Gasteiger partial charge in [0, 0.05) is 5.56 Å². The molecule has 1 heteroatoms. The minimum absolute atomic E-state index is 0.765. The Labute approximate surface area is 101 Å². The Bertz CT molecular complexity index is 636. The maximum Gasteiger partial charge on any atom is 0.150 e. The van der Waals surface area contributed by atoms with Crippen molar-refractivity contribution in [2.45, 2.75) is 19.8 Å². The van der Waals surface area contributed by atoms with E-state index in [-0.39, 0.29) is 0 Å². The fourth-order valence-corrected chi connectivity index (χ4v) is 2.58. The van der Waals surface area contributed by atoms with E-state index in [1.54, 1.807) is 0 Å². The topological polar surface area (TPSA) is 17.1 Å². The fourth-order valence-electron chi connectivity index (χ4n) is 2.58. The minimum atomic E-state index is 0.765. The molecule has 3 rings (SSSR count). The molecule has 1 aliphatic carbocycles. The van der Waals surface area contributed by atoms with Crippen LogP contribution in [0.2, 0.25) is 0 Å². The number of aryl methyl sites for hydroxylation is 2. The van der Waals surface area contributed by atoms with Gasteiger partial charge in [0.1, 0.15) is 6.29 Å². The Hall–Kier alpha value is -1.89. The fraction of sp³-hybridized carbons (Fsp3) is 0.188. The Balaban J connectivity index is 2.34. The molecule has 17 heavy (non-hydrogen) atoms. The molecule has 0 aromatic heterocycles. The van der Waals surface area contributed by atoms with Gasteiger partial charge in [-0.1, -0.05) is 18.2 Å². The van der Waals surface area contributed by atoms with Crippen molar-refractivity contribution in [1.29, 1.82) is 0 Å². The van der Waals surface area contributed by atoms with Crippen LogP contribution in [0.5, 0.6) is 0 Å². The molecule has 0 saturated heterocycles. The summed E-state index contributed by atoms with van der Waals surface area (Å²) < 4.78 is 0. The Kier molecular flexibility index (Phi) is 2.32. The number of allylic oxidation sites excluding steroid dienone is 1. The highest BCUT2D eigenvalue weighted by atomic mass is 16.1. The highest BCUT2D eigenvalue weighted by Gasteiger charge is 2.08. The molecule has 0 atom stereocenters. The molecule has 0 amide bonds. The van der Waals surface area contributed by atoms with E-state index in [0.717, 1.165) is 24.7 Å². The number of aldehydes is 1. The van der Waals surface area contributed by atoms with Gasteiger partial charge in [-0.05, 0) is 65.4 Å². The van der Waals surface area contributed by atoms with Crippen LogP contribution in [0.3, 0.4) is 0 Å². The van der Waals surface area contributed by atoms with Crippen molar-refractivity contribution in [3.8, 4) is 0 Å². The van der Waals surface area contributed by atoms with Gasteiger partial charge in [-0.3, -0.25) is 4.79 Å². The van der Waals surface area contributed by atoms with Crippen LogP contribution in [0.1, 0.15) is 33.5 Å². The lowest BCUT2D eigenvalue weighted by molar-refractivity contribution is 0.112. The average molecular weight is 222 g/mol. The van der Waals surface area contributed by atoms with Crippen LogP contribution in [-0.2, 0) is 6.42 Å². The second kappa shape index (κ2) is 3.85. The van der Waals surface area contributed by atoms with Crippen molar-refractivity contribution in [2.24, 2.45) is 0 Å². The number of hydrogen-bond donors (Lipinski definition) is 0. The van der Waals surface area contributed by atoms with Gasteiger partial charge in [-0.25, -0.2) is 0 Å². The molecule has 1 aliphatic rings. The molecule has 2 aromatic rings. The van der Waals surface area contributed by atoms with E-state index in [9.17, 15) is 4.79 Å². The first-order valence-corrected chi connectivity index (χ1v) is 5.97. The lowest BCUT2D eigenvalue weighted by Crippen LogP contribution is -1.95. The van der Waals surface area contributed by atoms with Crippen LogP contribution in [0.4, 0.5) is 0 Å². The molecular weight excluding hydrogens is 208 g/mol. The maximum atomic E-state index is 10.9. The number of fused-ring (bicyclic) bond motifs is 2. The SMILES string of the molecule is Cc1cc(C=O)cc2cc3c(cc12)C=CCC3. The first-order valence-electron chi connectivity index (χ1n) is 5.97. The predicted molar refractivity (Wildman–Crippen MR) is 71.4 cm³/mol. The monoisotopic (exact) mass is 222 g/mol. The average Bonchev–Trinajstić information content (AvgIpc) is 2.36.